The molecule has 4 rings (SSSR count). The Kier molecular flexibility index (Phi) is 5.31. The minimum atomic E-state index is 0.173. The molecule has 0 bridgehead atoms. The molecule has 1 atom stereocenters. The molecule has 0 fully saturated rings. The monoisotopic (exact) mass is 375 g/mol. The number of anilines is 1. The van der Waals surface area contributed by atoms with Crippen LogP contribution in [0, 0.1) is 0 Å². The first-order chi connectivity index (χ1) is 14.1. The van der Waals surface area contributed by atoms with E-state index in [0.717, 1.165) is 22.4 Å². The summed E-state index contributed by atoms with van der Waals surface area (Å²) < 4.78 is 0. The summed E-state index contributed by atoms with van der Waals surface area (Å²) in [5, 5.41) is 0. The highest BCUT2D eigenvalue weighted by Crippen LogP contribution is 2.34. The molecule has 0 amide bonds. The van der Waals surface area contributed by atoms with Crippen LogP contribution in [0.15, 0.2) is 110 Å². The molecular formula is C28H25N. The predicted molar refractivity (Wildman–Crippen MR) is 126 cm³/mol. The summed E-state index contributed by atoms with van der Waals surface area (Å²) in [5.41, 5.74) is 15.2. The summed E-state index contributed by atoms with van der Waals surface area (Å²) in [4.78, 5) is 0. The van der Waals surface area contributed by atoms with Crippen molar-refractivity contribution in [2.45, 2.75) is 12.8 Å². The van der Waals surface area contributed by atoms with Crippen LogP contribution in [0.25, 0.3) is 27.8 Å². The van der Waals surface area contributed by atoms with Gasteiger partial charge in [-0.1, -0.05) is 111 Å². The van der Waals surface area contributed by atoms with Crippen LogP contribution in [0.2, 0.25) is 0 Å². The van der Waals surface area contributed by atoms with Gasteiger partial charge in [0.25, 0.3) is 0 Å². The Bertz CT molecular complexity index is 1110. The molecule has 0 spiro atoms. The van der Waals surface area contributed by atoms with E-state index in [9.17, 15) is 0 Å². The maximum absolute atomic E-state index is 6.15. The quantitative estimate of drug-likeness (QED) is 0.361. The zero-order valence-electron chi connectivity index (χ0n) is 16.7. The van der Waals surface area contributed by atoms with Crippen molar-refractivity contribution in [3.05, 3.63) is 121 Å². The van der Waals surface area contributed by atoms with Gasteiger partial charge in [-0.3, -0.25) is 0 Å². The van der Waals surface area contributed by atoms with E-state index in [0.29, 0.717) is 0 Å². The van der Waals surface area contributed by atoms with E-state index in [1.165, 1.54) is 22.3 Å². The largest absolute Gasteiger partial charge is 0.398 e. The average Bonchev–Trinajstić information content (AvgIpc) is 2.79. The molecule has 0 aromatic heterocycles. The average molecular weight is 376 g/mol. The van der Waals surface area contributed by atoms with Crippen LogP contribution < -0.4 is 5.73 Å². The van der Waals surface area contributed by atoms with Gasteiger partial charge in [-0.2, -0.15) is 0 Å². The van der Waals surface area contributed by atoms with Gasteiger partial charge in [0.05, 0.1) is 0 Å². The first-order valence-corrected chi connectivity index (χ1v) is 9.93. The SMILES string of the molecule is C=C(c1ccc(-c2ccc(-c3ccccc3)cc2)cc1)[C@@H](C)c1ccccc1N. The Morgan fingerprint density at radius 3 is 1.62 bits per heavy atom. The molecule has 0 aliphatic rings. The lowest BCUT2D eigenvalue weighted by molar-refractivity contribution is 0.996. The lowest BCUT2D eigenvalue weighted by Gasteiger charge is -2.18. The summed E-state index contributed by atoms with van der Waals surface area (Å²) in [5.74, 6) is 0.173. The van der Waals surface area contributed by atoms with Gasteiger partial charge < -0.3 is 5.73 Å². The lowest BCUT2D eigenvalue weighted by atomic mass is 9.88. The van der Waals surface area contributed by atoms with Crippen LogP contribution >= 0.6 is 0 Å². The van der Waals surface area contributed by atoms with Gasteiger partial charge in [-0.05, 0) is 45.0 Å². The Balaban J connectivity index is 1.53. The lowest BCUT2D eigenvalue weighted by Crippen LogP contribution is -2.01. The second-order valence-electron chi connectivity index (χ2n) is 7.40. The first-order valence-electron chi connectivity index (χ1n) is 9.93. The Labute approximate surface area is 173 Å². The van der Waals surface area contributed by atoms with Gasteiger partial charge in [0.2, 0.25) is 0 Å². The molecule has 0 radical (unpaired) electrons. The number of nitrogen functional groups attached to an aromatic ring is 1. The number of rotatable bonds is 5. The highest BCUT2D eigenvalue weighted by Gasteiger charge is 2.14. The third-order valence-corrected chi connectivity index (χ3v) is 5.57. The van der Waals surface area contributed by atoms with Gasteiger partial charge in [0.1, 0.15) is 0 Å². The highest BCUT2D eigenvalue weighted by atomic mass is 14.6. The van der Waals surface area contributed by atoms with Gasteiger partial charge in [0, 0.05) is 11.6 Å². The maximum Gasteiger partial charge on any atom is 0.0352 e. The number of hydrogen-bond acceptors (Lipinski definition) is 1. The fourth-order valence-corrected chi connectivity index (χ4v) is 3.71. The minimum absolute atomic E-state index is 0.173. The zero-order valence-corrected chi connectivity index (χ0v) is 16.7. The van der Waals surface area contributed by atoms with E-state index < -0.39 is 0 Å². The Morgan fingerprint density at radius 2 is 1.07 bits per heavy atom. The standard InChI is InChI=1S/C28H25N/c1-20(21(2)27-10-6-7-11-28(27)29)22-12-14-25(15-13-22)26-18-16-24(17-19-26)23-8-4-3-5-9-23/h3-19,21H,1,29H2,2H3/t21-/m1/s1. The molecule has 1 nitrogen and oxygen atoms in total. The van der Waals surface area contributed by atoms with E-state index in [2.05, 4.69) is 92.4 Å². The molecule has 1 heteroatoms. The molecule has 0 aliphatic heterocycles. The van der Waals surface area contributed by atoms with E-state index in [1.54, 1.807) is 0 Å². The van der Waals surface area contributed by atoms with Crippen molar-refractivity contribution in [1.29, 1.82) is 0 Å². The Morgan fingerprint density at radius 1 is 0.621 bits per heavy atom. The summed E-state index contributed by atoms with van der Waals surface area (Å²) >= 11 is 0. The van der Waals surface area contributed by atoms with Crippen LogP contribution in [0.4, 0.5) is 5.69 Å². The summed E-state index contributed by atoms with van der Waals surface area (Å²) in [6, 6.07) is 35.8. The Hall–Kier alpha value is -3.58. The van der Waals surface area contributed by atoms with Crippen molar-refractivity contribution in [3.63, 3.8) is 0 Å². The maximum atomic E-state index is 6.15. The fraction of sp³-hybridized carbons (Fsp3) is 0.0714. The van der Waals surface area contributed by atoms with Crippen LogP contribution in [0.1, 0.15) is 24.0 Å². The van der Waals surface area contributed by atoms with Gasteiger partial charge in [-0.25, -0.2) is 0 Å². The molecule has 29 heavy (non-hydrogen) atoms. The van der Waals surface area contributed by atoms with Gasteiger partial charge in [0.15, 0.2) is 0 Å². The van der Waals surface area contributed by atoms with E-state index >= 15 is 0 Å². The molecule has 4 aromatic rings. The summed E-state index contributed by atoms with van der Waals surface area (Å²) in [6.45, 7) is 6.49. The summed E-state index contributed by atoms with van der Waals surface area (Å²) in [6.07, 6.45) is 0. The number of nitrogens with two attached hydrogens (primary N) is 1. The molecule has 4 aromatic carbocycles. The third-order valence-electron chi connectivity index (χ3n) is 5.57. The molecule has 142 valence electrons. The van der Waals surface area contributed by atoms with E-state index in [1.807, 2.05) is 24.3 Å². The first kappa shape index (κ1) is 18.8. The normalized spacial score (nSPS) is 11.8. The summed E-state index contributed by atoms with van der Waals surface area (Å²) in [7, 11) is 0. The molecule has 0 heterocycles. The minimum Gasteiger partial charge on any atom is -0.398 e. The predicted octanol–water partition coefficient (Wildman–Crippen LogP) is 7.42. The highest BCUT2D eigenvalue weighted by molar-refractivity contribution is 5.75. The topological polar surface area (TPSA) is 26.0 Å². The van der Waals surface area contributed by atoms with Crippen molar-refractivity contribution in [2.24, 2.45) is 0 Å². The molecule has 2 N–H and O–H groups in total. The van der Waals surface area contributed by atoms with Crippen LogP contribution in [0.3, 0.4) is 0 Å². The van der Waals surface area contributed by atoms with Crippen LogP contribution in [-0.4, -0.2) is 0 Å². The fourth-order valence-electron chi connectivity index (χ4n) is 3.71. The van der Waals surface area contributed by atoms with Crippen molar-refractivity contribution < 1.29 is 0 Å². The van der Waals surface area contributed by atoms with Crippen molar-refractivity contribution >= 4 is 11.3 Å². The van der Waals surface area contributed by atoms with Crippen molar-refractivity contribution in [1.82, 2.24) is 0 Å². The molecule has 0 saturated carbocycles. The van der Waals surface area contributed by atoms with E-state index in [4.69, 9.17) is 5.73 Å². The smallest absolute Gasteiger partial charge is 0.0352 e. The zero-order chi connectivity index (χ0) is 20.2. The van der Waals surface area contributed by atoms with Crippen molar-refractivity contribution in [3.8, 4) is 22.3 Å². The number of allylic oxidation sites excluding steroid dienone is 1. The molecule has 0 aliphatic carbocycles. The second-order valence-corrected chi connectivity index (χ2v) is 7.40. The number of hydrogen-bond donors (Lipinski definition) is 1. The van der Waals surface area contributed by atoms with E-state index in [-0.39, 0.29) is 5.92 Å². The van der Waals surface area contributed by atoms with Gasteiger partial charge >= 0.3 is 0 Å². The number of benzene rings is 4. The van der Waals surface area contributed by atoms with Gasteiger partial charge in [-0.15, -0.1) is 0 Å². The molecule has 0 unspecified atom stereocenters. The second kappa shape index (κ2) is 8.20. The number of para-hydroxylation sites is 1. The molecule has 0 saturated heterocycles. The third kappa shape index (κ3) is 4.00. The van der Waals surface area contributed by atoms with Crippen LogP contribution in [-0.2, 0) is 0 Å². The van der Waals surface area contributed by atoms with Crippen LogP contribution in [0.5, 0.6) is 0 Å². The van der Waals surface area contributed by atoms with Crippen molar-refractivity contribution in [2.75, 3.05) is 5.73 Å². The molecular weight excluding hydrogens is 350 g/mol.